The number of benzene rings is 1. The van der Waals surface area contributed by atoms with Crippen molar-refractivity contribution in [2.24, 2.45) is 0 Å². The van der Waals surface area contributed by atoms with Crippen molar-refractivity contribution in [3.63, 3.8) is 0 Å². The summed E-state index contributed by atoms with van der Waals surface area (Å²) in [4.78, 5) is 16.7. The molecule has 0 aliphatic heterocycles. The highest BCUT2D eigenvalue weighted by Crippen LogP contribution is 1.82. The average molecular weight is 214 g/mol. The maximum Gasteiger partial charge on any atom is 0.488 e. The third-order valence-electron chi connectivity index (χ3n) is 1.10. The van der Waals surface area contributed by atoms with Crippen LogP contribution in [0.4, 0.5) is 0 Å². The number of carbonyl (C=O) groups is 2. The predicted octanol–water partition coefficient (Wildman–Crippen LogP) is -1.23. The Morgan fingerprint density at radius 3 is 1.47 bits per heavy atom. The number of hydrogen-bond acceptors (Lipinski definition) is 4. The lowest BCUT2D eigenvalue weighted by molar-refractivity contribution is -0.123. The molecule has 1 aromatic carbocycles. The normalized spacial score (nSPS) is 7.07. The highest BCUT2D eigenvalue weighted by atomic mass is 16.4. The maximum atomic E-state index is 8.58. The van der Waals surface area contributed by atoms with Gasteiger partial charge in [-0.2, -0.15) is 0 Å². The molecule has 1 aromatic rings. The minimum absolute atomic E-state index is 0.250. The summed E-state index contributed by atoms with van der Waals surface area (Å²) in [5.74, 6) is 0. The van der Waals surface area contributed by atoms with Gasteiger partial charge in [0.25, 0.3) is 12.9 Å². The molecule has 0 saturated heterocycles. The van der Waals surface area contributed by atoms with Crippen LogP contribution >= 0.6 is 0 Å². The van der Waals surface area contributed by atoms with Crippen molar-refractivity contribution in [3.8, 4) is 0 Å². The molecule has 7 heteroatoms. The first kappa shape index (κ1) is 15.6. The van der Waals surface area contributed by atoms with E-state index in [-0.39, 0.29) is 12.9 Å². The van der Waals surface area contributed by atoms with Gasteiger partial charge in [-0.3, -0.25) is 9.59 Å². The lowest BCUT2D eigenvalue weighted by Crippen LogP contribution is -2.29. The Kier molecular flexibility index (Phi) is 12.6. The molecule has 0 aliphatic rings. The topological polar surface area (TPSA) is 115 Å². The molecule has 6 nitrogen and oxygen atoms in total. The van der Waals surface area contributed by atoms with Crippen LogP contribution in [0.1, 0.15) is 0 Å². The van der Waals surface area contributed by atoms with Gasteiger partial charge in [0.1, 0.15) is 0 Å². The summed E-state index contributed by atoms with van der Waals surface area (Å²) in [7, 11) is -1.34. The Bertz CT molecular complexity index is 245. The van der Waals surface area contributed by atoms with Crippen LogP contribution in [0.2, 0.25) is 0 Å². The Hall–Kier alpha value is -1.86. The van der Waals surface area contributed by atoms with Crippen molar-refractivity contribution in [1.82, 2.24) is 0 Å². The summed E-state index contributed by atoms with van der Waals surface area (Å²) in [6.07, 6.45) is 0. The lowest BCUT2D eigenvalue weighted by atomic mass is 9.81. The smallest absolute Gasteiger partial charge is 0.483 e. The van der Waals surface area contributed by atoms with Crippen molar-refractivity contribution in [1.29, 1.82) is 0 Å². The molecule has 0 spiro atoms. The van der Waals surface area contributed by atoms with Gasteiger partial charge < -0.3 is 20.3 Å². The van der Waals surface area contributed by atoms with Gasteiger partial charge in [0.05, 0.1) is 0 Å². The van der Waals surface area contributed by atoms with Gasteiger partial charge >= 0.3 is 7.12 Å². The molecule has 0 bridgehead atoms. The van der Waals surface area contributed by atoms with E-state index in [1.807, 2.05) is 6.07 Å². The molecule has 15 heavy (non-hydrogen) atoms. The van der Waals surface area contributed by atoms with E-state index in [1.54, 1.807) is 24.3 Å². The Morgan fingerprint density at radius 1 is 0.933 bits per heavy atom. The highest BCUT2D eigenvalue weighted by molar-refractivity contribution is 6.58. The monoisotopic (exact) mass is 214 g/mol. The van der Waals surface area contributed by atoms with Crippen molar-refractivity contribution in [2.45, 2.75) is 0 Å². The third kappa shape index (κ3) is 12.1. The summed E-state index contributed by atoms with van der Waals surface area (Å²) in [5, 5.41) is 30.9. The molecule has 0 fully saturated rings. The van der Waals surface area contributed by atoms with E-state index in [0.29, 0.717) is 5.46 Å². The van der Waals surface area contributed by atoms with E-state index >= 15 is 0 Å². The van der Waals surface area contributed by atoms with E-state index < -0.39 is 7.12 Å². The van der Waals surface area contributed by atoms with Crippen molar-refractivity contribution in [3.05, 3.63) is 30.3 Å². The summed E-state index contributed by atoms with van der Waals surface area (Å²) in [6.45, 7) is -0.500. The van der Waals surface area contributed by atoms with Crippen molar-refractivity contribution in [2.75, 3.05) is 0 Å². The van der Waals surface area contributed by atoms with Gasteiger partial charge in [-0.15, -0.1) is 0 Å². The van der Waals surface area contributed by atoms with Gasteiger partial charge in [0, 0.05) is 0 Å². The number of carboxylic acid groups (broad SMARTS) is 2. The minimum atomic E-state index is -1.34. The second-order valence-electron chi connectivity index (χ2n) is 2.00. The molecule has 1 rings (SSSR count). The zero-order valence-corrected chi connectivity index (χ0v) is 7.72. The van der Waals surface area contributed by atoms with Crippen molar-refractivity contribution < 1.29 is 29.9 Å². The van der Waals surface area contributed by atoms with Crippen LogP contribution in [-0.2, 0) is 9.59 Å². The second-order valence-corrected chi connectivity index (χ2v) is 2.00. The summed E-state index contributed by atoms with van der Waals surface area (Å²) < 4.78 is 0. The van der Waals surface area contributed by atoms with E-state index in [9.17, 15) is 0 Å². The minimum Gasteiger partial charge on any atom is -0.483 e. The molecule has 82 valence electrons. The van der Waals surface area contributed by atoms with E-state index in [2.05, 4.69) is 0 Å². The lowest BCUT2D eigenvalue weighted by Gasteiger charge is -1.94. The van der Waals surface area contributed by atoms with Gasteiger partial charge in [-0.05, 0) is 5.46 Å². The fourth-order valence-electron chi connectivity index (χ4n) is 0.625. The van der Waals surface area contributed by atoms with Gasteiger partial charge in [0.2, 0.25) is 0 Å². The summed E-state index contributed by atoms with van der Waals surface area (Å²) in [5.41, 5.74) is 0.525. The SMILES string of the molecule is O=CO.O=CO.OB(O)c1ccccc1. The zero-order valence-electron chi connectivity index (χ0n) is 7.72. The van der Waals surface area contributed by atoms with Crippen LogP contribution in [0.3, 0.4) is 0 Å². The fraction of sp³-hybridized carbons (Fsp3) is 0. The third-order valence-corrected chi connectivity index (χ3v) is 1.10. The largest absolute Gasteiger partial charge is 0.488 e. The van der Waals surface area contributed by atoms with Crippen LogP contribution in [0.5, 0.6) is 0 Å². The molecule has 4 N–H and O–H groups in total. The Balaban J connectivity index is 0. The maximum absolute atomic E-state index is 8.58. The predicted molar refractivity (Wildman–Crippen MR) is 53.7 cm³/mol. The molecule has 0 saturated carbocycles. The highest BCUT2D eigenvalue weighted by Gasteiger charge is 2.07. The first-order valence-corrected chi connectivity index (χ1v) is 3.70. The number of hydrogen-bond donors (Lipinski definition) is 4. The van der Waals surface area contributed by atoms with Crippen LogP contribution in [0.25, 0.3) is 0 Å². The molecule has 0 atom stereocenters. The average Bonchev–Trinajstić information content (AvgIpc) is 2.21. The Labute approximate surface area is 86.6 Å². The molecule has 0 amide bonds. The van der Waals surface area contributed by atoms with E-state index in [1.165, 1.54) is 0 Å². The first-order valence-electron chi connectivity index (χ1n) is 3.70. The van der Waals surface area contributed by atoms with Crippen molar-refractivity contribution >= 4 is 25.5 Å². The van der Waals surface area contributed by atoms with Gasteiger partial charge in [0.15, 0.2) is 0 Å². The Morgan fingerprint density at radius 2 is 1.27 bits per heavy atom. The summed E-state index contributed by atoms with van der Waals surface area (Å²) >= 11 is 0. The molecular weight excluding hydrogens is 203 g/mol. The molecule has 0 aromatic heterocycles. The van der Waals surface area contributed by atoms with Gasteiger partial charge in [-0.25, -0.2) is 0 Å². The quantitative estimate of drug-likeness (QED) is 0.343. The molecule has 0 heterocycles. The van der Waals surface area contributed by atoms with Gasteiger partial charge in [-0.1, -0.05) is 30.3 Å². The molecular formula is C8H11BO6. The summed E-state index contributed by atoms with van der Waals surface area (Å²) in [6, 6.07) is 8.66. The van der Waals surface area contributed by atoms with Crippen LogP contribution in [0.15, 0.2) is 30.3 Å². The number of rotatable bonds is 1. The first-order chi connectivity index (χ1) is 7.13. The second kappa shape index (κ2) is 12.1. The van der Waals surface area contributed by atoms with E-state index in [0.717, 1.165) is 0 Å². The van der Waals surface area contributed by atoms with E-state index in [4.69, 9.17) is 29.9 Å². The zero-order chi connectivity index (χ0) is 12.1. The van der Waals surface area contributed by atoms with Crippen LogP contribution in [0, 0.1) is 0 Å². The standard InChI is InChI=1S/C6H7BO2.2CH2O2/c8-7(9)6-4-2-1-3-5-6;2*2-1-3/h1-5,8-9H;2*1H,(H,2,3). The molecule has 0 aliphatic carbocycles. The fourth-order valence-corrected chi connectivity index (χ4v) is 0.625. The van der Waals surface area contributed by atoms with Crippen LogP contribution in [-0.4, -0.2) is 40.3 Å². The van der Waals surface area contributed by atoms with Crippen LogP contribution < -0.4 is 5.46 Å². The molecule has 0 radical (unpaired) electrons. The molecule has 0 unspecified atom stereocenters.